The topological polar surface area (TPSA) is 0 Å². The Labute approximate surface area is 511 Å². The zero-order valence-electron chi connectivity index (χ0n) is 64.0. The molecular weight excluding hydrogens is 949 g/mol. The Hall–Kier alpha value is 0. The first kappa shape index (κ1) is 92.7. The molecule has 0 aromatic rings. The van der Waals surface area contributed by atoms with Gasteiger partial charge in [0.05, 0.1) is 0 Å². The molecule has 0 fully saturated rings. The van der Waals surface area contributed by atoms with Crippen molar-refractivity contribution >= 4 is 0 Å². The van der Waals surface area contributed by atoms with Crippen LogP contribution >= 0.6 is 0 Å². The minimum absolute atomic E-state index is 0.544. The zero-order chi connectivity index (χ0) is 64.0. The number of hydrogen-bond donors (Lipinski definition) is 0. The van der Waals surface area contributed by atoms with Crippen LogP contribution in [0.15, 0.2) is 0 Å². The van der Waals surface area contributed by atoms with Gasteiger partial charge in [-0.05, 0) is 174 Å². The molecule has 0 saturated heterocycles. The molecule has 4 atom stereocenters. The maximum absolute atomic E-state index is 2.38. The Morgan fingerprint density at radius 1 is 0.253 bits per heavy atom. The van der Waals surface area contributed by atoms with Crippen molar-refractivity contribution < 1.29 is 0 Å². The first-order valence-electron chi connectivity index (χ1n) is 35.9. The molecule has 0 aromatic carbocycles. The highest BCUT2D eigenvalue weighted by Gasteiger charge is 2.28. The first-order valence-corrected chi connectivity index (χ1v) is 35.9. The molecule has 79 heavy (non-hydrogen) atoms. The third-order valence-corrected chi connectivity index (χ3v) is 18.2. The minimum Gasteiger partial charge on any atom is -0.0651 e. The van der Waals surface area contributed by atoms with Gasteiger partial charge in [0.1, 0.15) is 0 Å². The number of hydrogen-bond acceptors (Lipinski definition) is 0. The molecule has 0 radical (unpaired) electrons. The van der Waals surface area contributed by atoms with E-state index in [-0.39, 0.29) is 0 Å². The molecular formula is C79H172. The normalized spacial score (nSPS) is 13.8. The maximum Gasteiger partial charge on any atom is -0.0298 e. The van der Waals surface area contributed by atoms with Gasteiger partial charge in [-0.1, -0.05) is 340 Å². The highest BCUT2D eigenvalue weighted by atomic mass is 14.3. The van der Waals surface area contributed by atoms with Crippen LogP contribution in [0.25, 0.3) is 0 Å². The van der Waals surface area contributed by atoms with Crippen LogP contribution in [-0.4, -0.2) is 0 Å². The fraction of sp³-hybridized carbons (Fsp3) is 1.00. The van der Waals surface area contributed by atoms with Crippen molar-refractivity contribution in [1.82, 2.24) is 0 Å². The Kier molecular flexibility index (Phi) is 64.1. The maximum atomic E-state index is 2.38. The monoisotopic (exact) mass is 1120 g/mol. The molecule has 0 rings (SSSR count). The van der Waals surface area contributed by atoms with Crippen LogP contribution in [0.4, 0.5) is 0 Å². The fourth-order valence-corrected chi connectivity index (χ4v) is 12.1. The molecule has 0 aliphatic heterocycles. The molecule has 0 heteroatoms. The average Bonchev–Trinajstić information content (AvgIpc) is 3.28. The van der Waals surface area contributed by atoms with E-state index >= 15 is 0 Å². The predicted molar refractivity (Wildman–Crippen MR) is 378 cm³/mol. The summed E-state index contributed by atoms with van der Waals surface area (Å²) in [6, 6.07) is 0. The fourth-order valence-electron chi connectivity index (χ4n) is 12.1. The van der Waals surface area contributed by atoms with Crippen LogP contribution < -0.4 is 0 Å². The van der Waals surface area contributed by atoms with Crippen molar-refractivity contribution in [2.24, 2.45) is 123 Å². The molecule has 0 saturated carbocycles. The van der Waals surface area contributed by atoms with E-state index < -0.39 is 0 Å². The summed E-state index contributed by atoms with van der Waals surface area (Å²) in [5, 5.41) is 0. The lowest BCUT2D eigenvalue weighted by Gasteiger charge is -2.35. The predicted octanol–water partition coefficient (Wildman–Crippen LogP) is 29.5. The molecule has 0 bridgehead atoms. The molecule has 488 valence electrons. The van der Waals surface area contributed by atoms with E-state index in [9.17, 15) is 0 Å². The highest BCUT2D eigenvalue weighted by molar-refractivity contribution is 4.80. The Balaban J connectivity index is -0.000000154. The van der Waals surface area contributed by atoms with Crippen LogP contribution in [0.1, 0.15) is 392 Å². The summed E-state index contributed by atoms with van der Waals surface area (Å²) in [6.07, 6.45) is 27.7. The SMILES string of the molecule is CC(C)CC(C)(C)CC(C)C.CC(C)CC(C)C(C)C.CC(C)CCC(C)C(C)C.CC(C)CCCC(C)C(C)C.CCC(CC)(CC(C)C)CC(C)C.CCC(CC)(CCC(C)C)CC(C)C.CCC(CCC(C)C)C(C)C. The molecule has 0 aliphatic carbocycles. The van der Waals surface area contributed by atoms with Gasteiger partial charge in [0.2, 0.25) is 0 Å². The zero-order valence-corrected chi connectivity index (χ0v) is 64.0. The van der Waals surface area contributed by atoms with Crippen molar-refractivity contribution in [2.75, 3.05) is 0 Å². The largest absolute Gasteiger partial charge is 0.0651 e. The second-order valence-corrected chi connectivity index (χ2v) is 33.5. The summed E-state index contributed by atoms with van der Waals surface area (Å²) < 4.78 is 0. The van der Waals surface area contributed by atoms with Gasteiger partial charge in [-0.15, -0.1) is 0 Å². The van der Waals surface area contributed by atoms with Crippen molar-refractivity contribution in [3.63, 3.8) is 0 Å². The summed E-state index contributed by atoms with van der Waals surface area (Å²) >= 11 is 0. The molecule has 0 nitrogen and oxygen atoms in total. The lowest BCUT2D eigenvalue weighted by atomic mass is 9.71. The van der Waals surface area contributed by atoms with Gasteiger partial charge >= 0.3 is 0 Å². The second-order valence-electron chi connectivity index (χ2n) is 33.5. The number of rotatable bonds is 34. The van der Waals surface area contributed by atoms with Crippen molar-refractivity contribution in [1.29, 1.82) is 0 Å². The molecule has 4 unspecified atom stereocenters. The van der Waals surface area contributed by atoms with Gasteiger partial charge in [0.25, 0.3) is 0 Å². The summed E-state index contributed by atoms with van der Waals surface area (Å²) in [5.74, 6) is 15.7. The first-order chi connectivity index (χ1) is 35.9. The lowest BCUT2D eigenvalue weighted by Crippen LogP contribution is -2.23. The van der Waals surface area contributed by atoms with Crippen molar-refractivity contribution in [3.05, 3.63) is 0 Å². The molecule has 0 N–H and O–H groups in total. The van der Waals surface area contributed by atoms with Crippen LogP contribution in [0.2, 0.25) is 0 Å². The van der Waals surface area contributed by atoms with E-state index in [2.05, 4.69) is 263 Å². The van der Waals surface area contributed by atoms with Gasteiger partial charge in [-0.25, -0.2) is 0 Å². The van der Waals surface area contributed by atoms with Gasteiger partial charge in [-0.2, -0.15) is 0 Å². The second kappa shape index (κ2) is 54.6. The van der Waals surface area contributed by atoms with Crippen LogP contribution in [-0.2, 0) is 0 Å². The summed E-state index contributed by atoms with van der Waals surface area (Å²) in [6.45, 7) is 88.5. The smallest absolute Gasteiger partial charge is 0.0298 e. The van der Waals surface area contributed by atoms with Crippen molar-refractivity contribution in [3.8, 4) is 0 Å². The van der Waals surface area contributed by atoms with Gasteiger partial charge < -0.3 is 0 Å². The Bertz CT molecular complexity index is 1130. The van der Waals surface area contributed by atoms with Gasteiger partial charge in [0.15, 0.2) is 0 Å². The quantitative estimate of drug-likeness (QED) is 0.0602. The average molecular weight is 1120 g/mol. The Morgan fingerprint density at radius 3 is 0.797 bits per heavy atom. The third kappa shape index (κ3) is 68.7. The highest BCUT2D eigenvalue weighted by Crippen LogP contribution is 2.41. The summed E-state index contributed by atoms with van der Waals surface area (Å²) in [7, 11) is 0. The van der Waals surface area contributed by atoms with Crippen molar-refractivity contribution in [2.45, 2.75) is 392 Å². The Morgan fingerprint density at radius 2 is 0.557 bits per heavy atom. The molecule has 0 heterocycles. The lowest BCUT2D eigenvalue weighted by molar-refractivity contribution is 0.164. The molecule has 0 spiro atoms. The van der Waals surface area contributed by atoms with Crippen LogP contribution in [0.3, 0.4) is 0 Å². The summed E-state index contributed by atoms with van der Waals surface area (Å²) in [4.78, 5) is 0. The van der Waals surface area contributed by atoms with E-state index in [1.807, 2.05) is 0 Å². The third-order valence-electron chi connectivity index (χ3n) is 18.2. The molecule has 0 amide bonds. The summed E-state index contributed by atoms with van der Waals surface area (Å²) in [5.41, 5.74) is 1.81. The van der Waals surface area contributed by atoms with Gasteiger partial charge in [-0.3, -0.25) is 0 Å². The van der Waals surface area contributed by atoms with E-state index in [0.29, 0.717) is 16.2 Å². The van der Waals surface area contributed by atoms with E-state index in [1.54, 1.807) is 0 Å². The van der Waals surface area contributed by atoms with Gasteiger partial charge in [0, 0.05) is 0 Å². The molecule has 0 aromatic heterocycles. The van der Waals surface area contributed by atoms with E-state index in [0.717, 1.165) is 107 Å². The minimum atomic E-state index is 0.544. The van der Waals surface area contributed by atoms with Crippen LogP contribution in [0.5, 0.6) is 0 Å². The van der Waals surface area contributed by atoms with E-state index in [4.69, 9.17) is 0 Å². The molecule has 0 aliphatic rings. The van der Waals surface area contributed by atoms with Crippen LogP contribution in [0, 0.1) is 123 Å². The van der Waals surface area contributed by atoms with E-state index in [1.165, 1.54) is 128 Å². The standard InChI is InChI=1S/C14H30.C13H28.3C11H24.C10H22.C9H20/c1-7-14(8-2,11-13(5)6)10-9-12(3)4;1-7-13(8-2,9-11(3)4)10-12(5)6;1-9(2)7-11(5,6)8-10(3)4;1-9(2)7-6-8-11(5)10(3)4;1-6-11(10(4)5)8-7-9(2)3;1-8(2)6-7-10(5)9(3)4;1-7(2)6-9(5)8(3)4/h12-13H,7-11H2,1-6H3;11-12H,7-10H2,1-6H3;9-10H,7-8H2,1-6H3;2*9-11H,6-8H2,1-5H3;8-10H,6-7H2,1-5H3;7-9H,6H2,1-5H3.